The average molecular weight is 391 g/mol. The third kappa shape index (κ3) is 4.22. The number of rotatable bonds is 4. The number of hydrogen-bond donors (Lipinski definition) is 1. The summed E-state index contributed by atoms with van der Waals surface area (Å²) in [6, 6.07) is 13.6. The standard InChI is InChI=1S/C22H25N5O2/c23-14-18-5-3-11-27(18)21(28)15-24-17-9-12-26(13-10-17)22(29)20-8-7-16-4-1-2-6-19(16)25-20/h1-2,4,6-8,17-18,24H,3,5,9-13,15H2/t18-/m0/s1. The van der Waals surface area contributed by atoms with E-state index in [4.69, 9.17) is 5.26 Å². The summed E-state index contributed by atoms with van der Waals surface area (Å²) in [5.41, 5.74) is 1.30. The second kappa shape index (κ2) is 8.58. The van der Waals surface area contributed by atoms with E-state index in [0.717, 1.165) is 36.6 Å². The SMILES string of the molecule is N#C[C@@H]1CCCN1C(=O)CNC1CCN(C(=O)c2ccc3ccccc3n2)CC1. The Morgan fingerprint density at radius 1 is 1.10 bits per heavy atom. The summed E-state index contributed by atoms with van der Waals surface area (Å²) in [5, 5.41) is 13.5. The van der Waals surface area contributed by atoms with E-state index >= 15 is 0 Å². The molecule has 0 radical (unpaired) electrons. The van der Waals surface area contributed by atoms with Gasteiger partial charge in [0.25, 0.3) is 5.91 Å². The number of benzene rings is 1. The van der Waals surface area contributed by atoms with Crippen LogP contribution in [0.3, 0.4) is 0 Å². The van der Waals surface area contributed by atoms with Gasteiger partial charge in [-0.2, -0.15) is 5.26 Å². The van der Waals surface area contributed by atoms with Crippen LogP contribution < -0.4 is 5.32 Å². The van der Waals surface area contributed by atoms with Crippen LogP contribution in [0.25, 0.3) is 10.9 Å². The van der Waals surface area contributed by atoms with Gasteiger partial charge in [0, 0.05) is 31.1 Å². The largest absolute Gasteiger partial charge is 0.337 e. The highest BCUT2D eigenvalue weighted by Gasteiger charge is 2.29. The zero-order valence-corrected chi connectivity index (χ0v) is 16.4. The lowest BCUT2D eigenvalue weighted by atomic mass is 10.0. The molecule has 4 rings (SSSR count). The molecule has 0 aliphatic carbocycles. The van der Waals surface area contributed by atoms with Gasteiger partial charge in [-0.25, -0.2) is 4.98 Å². The Hall–Kier alpha value is -2.98. The molecule has 1 aromatic carbocycles. The first-order valence-electron chi connectivity index (χ1n) is 10.2. The van der Waals surface area contributed by atoms with E-state index in [1.165, 1.54) is 0 Å². The molecule has 1 N–H and O–H groups in total. The maximum absolute atomic E-state index is 12.8. The van der Waals surface area contributed by atoms with Crippen molar-refractivity contribution in [1.82, 2.24) is 20.1 Å². The van der Waals surface area contributed by atoms with Crippen molar-refractivity contribution in [2.24, 2.45) is 0 Å². The molecule has 0 saturated carbocycles. The van der Waals surface area contributed by atoms with Gasteiger partial charge < -0.3 is 15.1 Å². The maximum atomic E-state index is 12.8. The molecule has 3 heterocycles. The summed E-state index contributed by atoms with van der Waals surface area (Å²) in [4.78, 5) is 33.2. The lowest BCUT2D eigenvalue weighted by Gasteiger charge is -2.32. The van der Waals surface area contributed by atoms with Crippen LogP contribution in [0.5, 0.6) is 0 Å². The summed E-state index contributed by atoms with van der Waals surface area (Å²) in [5.74, 6) is -0.0490. The molecule has 29 heavy (non-hydrogen) atoms. The van der Waals surface area contributed by atoms with Crippen LogP contribution in [0.4, 0.5) is 0 Å². The third-order valence-corrected chi connectivity index (χ3v) is 5.86. The summed E-state index contributed by atoms with van der Waals surface area (Å²) in [6.07, 6.45) is 3.27. The summed E-state index contributed by atoms with van der Waals surface area (Å²) in [6.45, 7) is 2.21. The lowest BCUT2D eigenvalue weighted by Crippen LogP contribution is -2.48. The van der Waals surface area contributed by atoms with Crippen molar-refractivity contribution in [2.75, 3.05) is 26.2 Å². The molecule has 2 aliphatic heterocycles. The van der Waals surface area contributed by atoms with Crippen LogP contribution in [0.2, 0.25) is 0 Å². The van der Waals surface area contributed by atoms with Crippen molar-refractivity contribution in [1.29, 1.82) is 5.26 Å². The minimum Gasteiger partial charge on any atom is -0.337 e. The number of hydrogen-bond acceptors (Lipinski definition) is 5. The van der Waals surface area contributed by atoms with Crippen LogP contribution in [0, 0.1) is 11.3 Å². The molecule has 2 aliphatic rings. The van der Waals surface area contributed by atoms with Gasteiger partial charge in [0.2, 0.25) is 5.91 Å². The number of para-hydroxylation sites is 1. The maximum Gasteiger partial charge on any atom is 0.272 e. The van der Waals surface area contributed by atoms with Gasteiger partial charge in [-0.05, 0) is 37.8 Å². The monoisotopic (exact) mass is 391 g/mol. The molecule has 1 atom stereocenters. The van der Waals surface area contributed by atoms with Crippen molar-refractivity contribution in [3.63, 3.8) is 0 Å². The number of likely N-dealkylation sites (tertiary alicyclic amines) is 2. The number of nitrogens with zero attached hydrogens (tertiary/aromatic N) is 4. The van der Waals surface area contributed by atoms with Gasteiger partial charge >= 0.3 is 0 Å². The molecule has 7 nitrogen and oxygen atoms in total. The van der Waals surface area contributed by atoms with Crippen LogP contribution in [0.15, 0.2) is 36.4 Å². The highest BCUT2D eigenvalue weighted by Crippen LogP contribution is 2.18. The highest BCUT2D eigenvalue weighted by atomic mass is 16.2. The number of nitriles is 1. The number of pyridine rings is 1. The second-order valence-corrected chi connectivity index (χ2v) is 7.71. The zero-order chi connectivity index (χ0) is 20.2. The minimum absolute atomic E-state index is 0.00656. The molecular weight excluding hydrogens is 366 g/mol. The fourth-order valence-corrected chi connectivity index (χ4v) is 4.17. The van der Waals surface area contributed by atoms with E-state index in [2.05, 4.69) is 16.4 Å². The predicted octanol–water partition coefficient (Wildman–Crippen LogP) is 1.94. The first-order chi connectivity index (χ1) is 14.2. The van der Waals surface area contributed by atoms with Crippen molar-refractivity contribution in [3.05, 3.63) is 42.1 Å². The molecule has 0 unspecified atom stereocenters. The first kappa shape index (κ1) is 19.3. The zero-order valence-electron chi connectivity index (χ0n) is 16.4. The number of carbonyl (C=O) groups excluding carboxylic acids is 2. The third-order valence-electron chi connectivity index (χ3n) is 5.86. The van der Waals surface area contributed by atoms with E-state index in [1.807, 2.05) is 35.2 Å². The Morgan fingerprint density at radius 3 is 2.69 bits per heavy atom. The number of nitrogens with one attached hydrogen (secondary N) is 1. The molecule has 0 bridgehead atoms. The first-order valence-corrected chi connectivity index (χ1v) is 10.2. The fraction of sp³-hybridized carbons (Fsp3) is 0.455. The van der Waals surface area contributed by atoms with Crippen LogP contribution >= 0.6 is 0 Å². The van der Waals surface area contributed by atoms with Gasteiger partial charge in [-0.3, -0.25) is 9.59 Å². The molecule has 7 heteroatoms. The molecule has 0 spiro atoms. The van der Waals surface area contributed by atoms with E-state index in [1.54, 1.807) is 11.0 Å². The second-order valence-electron chi connectivity index (χ2n) is 7.71. The van der Waals surface area contributed by atoms with Crippen molar-refractivity contribution in [2.45, 2.75) is 37.8 Å². The summed E-state index contributed by atoms with van der Waals surface area (Å²) in [7, 11) is 0. The Kier molecular flexibility index (Phi) is 5.72. The Balaban J connectivity index is 1.28. The van der Waals surface area contributed by atoms with Crippen molar-refractivity contribution < 1.29 is 9.59 Å². The summed E-state index contributed by atoms with van der Waals surface area (Å²) >= 11 is 0. The van der Waals surface area contributed by atoms with E-state index < -0.39 is 0 Å². The van der Waals surface area contributed by atoms with Gasteiger partial charge in [0.15, 0.2) is 0 Å². The Morgan fingerprint density at radius 2 is 1.90 bits per heavy atom. The fourth-order valence-electron chi connectivity index (χ4n) is 4.17. The molecule has 150 valence electrons. The van der Waals surface area contributed by atoms with Crippen LogP contribution in [0.1, 0.15) is 36.2 Å². The summed E-state index contributed by atoms with van der Waals surface area (Å²) < 4.78 is 0. The molecule has 2 fully saturated rings. The molecular formula is C22H25N5O2. The Labute approximate surface area is 170 Å². The average Bonchev–Trinajstić information content (AvgIpc) is 3.26. The molecule has 2 saturated heterocycles. The van der Waals surface area contributed by atoms with Gasteiger partial charge in [0.05, 0.1) is 18.1 Å². The van der Waals surface area contributed by atoms with E-state index in [-0.39, 0.29) is 30.4 Å². The van der Waals surface area contributed by atoms with Gasteiger partial charge in [-0.1, -0.05) is 24.3 Å². The molecule has 2 amide bonds. The van der Waals surface area contributed by atoms with Crippen LogP contribution in [-0.2, 0) is 4.79 Å². The number of fused-ring (bicyclic) bond motifs is 1. The van der Waals surface area contributed by atoms with Crippen LogP contribution in [-0.4, -0.2) is 64.9 Å². The predicted molar refractivity (Wildman–Crippen MR) is 109 cm³/mol. The van der Waals surface area contributed by atoms with Crippen molar-refractivity contribution >= 4 is 22.7 Å². The smallest absolute Gasteiger partial charge is 0.272 e. The van der Waals surface area contributed by atoms with Gasteiger partial charge in [0.1, 0.15) is 11.7 Å². The number of aromatic nitrogens is 1. The molecule has 2 aromatic rings. The normalized spacial score (nSPS) is 20.0. The molecule has 1 aromatic heterocycles. The lowest BCUT2D eigenvalue weighted by molar-refractivity contribution is -0.130. The number of carbonyl (C=O) groups is 2. The minimum atomic E-state index is -0.279. The Bertz CT molecular complexity index is 946. The number of amides is 2. The highest BCUT2D eigenvalue weighted by molar-refractivity contribution is 5.95. The number of piperidine rings is 1. The van der Waals surface area contributed by atoms with E-state index in [0.29, 0.717) is 25.3 Å². The topological polar surface area (TPSA) is 89.3 Å². The van der Waals surface area contributed by atoms with Gasteiger partial charge in [-0.15, -0.1) is 0 Å². The van der Waals surface area contributed by atoms with E-state index in [9.17, 15) is 9.59 Å². The van der Waals surface area contributed by atoms with Crippen molar-refractivity contribution in [3.8, 4) is 6.07 Å². The quantitative estimate of drug-likeness (QED) is 0.860.